The first kappa shape index (κ1) is 10.4. The number of hydrogen-bond acceptors (Lipinski definition) is 1. The van der Waals surface area contributed by atoms with Crippen molar-refractivity contribution in [1.29, 1.82) is 0 Å². The summed E-state index contributed by atoms with van der Waals surface area (Å²) in [6.07, 6.45) is 0.456. The molecule has 0 saturated heterocycles. The maximum atomic E-state index is 9.04. The zero-order chi connectivity index (χ0) is 8.41. The topological polar surface area (TPSA) is 20.2 Å². The van der Waals surface area contributed by atoms with Crippen LogP contribution in [0.1, 0.15) is 0 Å². The van der Waals surface area contributed by atoms with Crippen molar-refractivity contribution >= 4 is 16.1 Å². The third-order valence-electron chi connectivity index (χ3n) is 1.44. The molecule has 0 heterocycles. The minimum atomic E-state index is -1.20. The van der Waals surface area contributed by atoms with Gasteiger partial charge in [0.25, 0.3) is 0 Å². The molecule has 10 heavy (non-hydrogen) atoms. The highest BCUT2D eigenvalue weighted by Crippen LogP contribution is 2.18. The minimum Gasteiger partial charge on any atom is -0.400 e. The van der Waals surface area contributed by atoms with Gasteiger partial charge in [0, 0.05) is 14.3 Å². The van der Waals surface area contributed by atoms with E-state index in [1.165, 1.54) is 5.67 Å². The molecule has 0 fully saturated rings. The van der Waals surface area contributed by atoms with Crippen molar-refractivity contribution in [2.24, 2.45) is 0 Å². The zero-order valence-corrected chi connectivity index (χ0v) is 9.86. The second kappa shape index (κ2) is 3.19. The van der Waals surface area contributed by atoms with Crippen molar-refractivity contribution in [3.05, 3.63) is 0 Å². The Hall–Kier alpha value is 0.394. The van der Waals surface area contributed by atoms with E-state index in [0.29, 0.717) is 6.23 Å². The Balaban J connectivity index is 3.89. The summed E-state index contributed by atoms with van der Waals surface area (Å²) in [5.41, 5.74) is 1.34. The van der Waals surface area contributed by atoms with Gasteiger partial charge in [-0.2, -0.15) is 0 Å². The molecule has 0 atom stereocenters. The molecule has 1 nitrogen and oxygen atoms in total. The monoisotopic (exact) mass is 176 g/mol. The Morgan fingerprint density at radius 1 is 1.00 bits per heavy atom. The summed E-state index contributed by atoms with van der Waals surface area (Å²) in [5, 5.41) is 9.04. The molecule has 1 N–H and O–H groups in total. The van der Waals surface area contributed by atoms with Crippen LogP contribution in [0.4, 0.5) is 0 Å². The first-order valence-corrected chi connectivity index (χ1v) is 11.0. The smallest absolute Gasteiger partial charge is 0.0747 e. The van der Waals surface area contributed by atoms with E-state index in [9.17, 15) is 0 Å². The molecule has 0 unspecified atom stereocenters. The molecule has 0 saturated carbocycles. The fraction of sp³-hybridized carbons (Fsp3) is 1.00. The van der Waals surface area contributed by atoms with Crippen LogP contribution < -0.4 is 0 Å². The summed E-state index contributed by atoms with van der Waals surface area (Å²) in [6, 6.07) is 0. The lowest BCUT2D eigenvalue weighted by molar-refractivity contribution is 0.358. The average molecular weight is 176 g/mol. The van der Waals surface area contributed by atoms with Crippen molar-refractivity contribution in [3.8, 4) is 0 Å². The molecule has 0 aromatic rings. The van der Waals surface area contributed by atoms with Gasteiger partial charge in [-0.05, 0) is 0 Å². The summed E-state index contributed by atoms with van der Waals surface area (Å²) in [4.78, 5) is 0. The summed E-state index contributed by atoms with van der Waals surface area (Å²) in [6.45, 7) is 11.7. The predicted octanol–water partition coefficient (Wildman–Crippen LogP) is 2.10. The molecule has 0 spiro atoms. The second-order valence-electron chi connectivity index (χ2n) is 5.06. The number of rotatable bonds is 3. The standard InChI is InChI=1S/C7H20OSi2/c1-9(2,3)7-10(4,5)6-8/h8H,6-7H2,1-5H3. The van der Waals surface area contributed by atoms with Crippen LogP contribution in [0.5, 0.6) is 0 Å². The molecule has 0 aliphatic rings. The molecular formula is C7H20OSi2. The lowest BCUT2D eigenvalue weighted by atomic mass is 11.6. The van der Waals surface area contributed by atoms with Crippen molar-refractivity contribution in [2.75, 3.05) is 6.23 Å². The Bertz CT molecular complexity index is 105. The van der Waals surface area contributed by atoms with Crippen LogP contribution in [0.15, 0.2) is 0 Å². The molecule has 0 bridgehead atoms. The van der Waals surface area contributed by atoms with Crippen LogP contribution in [-0.2, 0) is 0 Å². The van der Waals surface area contributed by atoms with Crippen molar-refractivity contribution in [2.45, 2.75) is 38.4 Å². The van der Waals surface area contributed by atoms with Crippen molar-refractivity contribution in [1.82, 2.24) is 0 Å². The minimum absolute atomic E-state index is 0.456. The molecule has 0 aromatic heterocycles. The fourth-order valence-corrected chi connectivity index (χ4v) is 13.4. The van der Waals surface area contributed by atoms with Gasteiger partial charge in [-0.1, -0.05) is 38.4 Å². The van der Waals surface area contributed by atoms with Gasteiger partial charge in [0.05, 0.1) is 8.07 Å². The van der Waals surface area contributed by atoms with Gasteiger partial charge in [-0.3, -0.25) is 0 Å². The van der Waals surface area contributed by atoms with Crippen LogP contribution in [0.25, 0.3) is 0 Å². The third-order valence-corrected chi connectivity index (χ3v) is 10.4. The maximum absolute atomic E-state index is 9.04. The van der Waals surface area contributed by atoms with E-state index in [2.05, 4.69) is 32.7 Å². The first-order valence-electron chi connectivity index (χ1n) is 3.88. The van der Waals surface area contributed by atoms with E-state index >= 15 is 0 Å². The van der Waals surface area contributed by atoms with E-state index in [0.717, 1.165) is 0 Å². The molecule has 3 heteroatoms. The molecule has 0 aliphatic heterocycles. The first-order chi connectivity index (χ1) is 4.27. The van der Waals surface area contributed by atoms with Gasteiger partial charge in [0.2, 0.25) is 0 Å². The fourth-order valence-electron chi connectivity index (χ4n) is 1.49. The molecular weight excluding hydrogens is 156 g/mol. The van der Waals surface area contributed by atoms with Gasteiger partial charge in [0.15, 0.2) is 0 Å². The molecule has 0 aliphatic carbocycles. The average Bonchev–Trinajstić information content (AvgIpc) is 1.60. The van der Waals surface area contributed by atoms with Gasteiger partial charge >= 0.3 is 0 Å². The van der Waals surface area contributed by atoms with Gasteiger partial charge in [0.1, 0.15) is 0 Å². The molecule has 62 valence electrons. The van der Waals surface area contributed by atoms with Crippen molar-refractivity contribution < 1.29 is 5.11 Å². The molecule has 0 aromatic carbocycles. The van der Waals surface area contributed by atoms with E-state index in [1.807, 2.05) is 0 Å². The Morgan fingerprint density at radius 3 is 1.50 bits per heavy atom. The highest BCUT2D eigenvalue weighted by atomic mass is 28.4. The largest absolute Gasteiger partial charge is 0.400 e. The second-order valence-corrected chi connectivity index (χ2v) is 16.2. The Morgan fingerprint density at radius 2 is 1.40 bits per heavy atom. The highest BCUT2D eigenvalue weighted by molar-refractivity contribution is 6.94. The van der Waals surface area contributed by atoms with Crippen LogP contribution in [0.2, 0.25) is 38.4 Å². The summed E-state index contributed by atoms with van der Waals surface area (Å²) in [5.74, 6) is 0. The predicted molar refractivity (Wildman–Crippen MR) is 52.7 cm³/mol. The SMILES string of the molecule is C[Si](C)(C)C[Si](C)(C)CO. The van der Waals surface area contributed by atoms with E-state index in [4.69, 9.17) is 5.11 Å². The van der Waals surface area contributed by atoms with E-state index in [1.54, 1.807) is 0 Å². The van der Waals surface area contributed by atoms with Crippen molar-refractivity contribution in [3.63, 3.8) is 0 Å². The van der Waals surface area contributed by atoms with Crippen LogP contribution in [0, 0.1) is 0 Å². The molecule has 0 amide bonds. The lowest BCUT2D eigenvalue weighted by Crippen LogP contribution is -2.40. The number of hydrogen-bond donors (Lipinski definition) is 1. The van der Waals surface area contributed by atoms with Gasteiger partial charge < -0.3 is 5.11 Å². The Labute approximate surface area is 66.5 Å². The lowest BCUT2D eigenvalue weighted by Gasteiger charge is -2.27. The highest BCUT2D eigenvalue weighted by Gasteiger charge is 2.27. The molecule has 0 rings (SSSR count). The van der Waals surface area contributed by atoms with Gasteiger partial charge in [-0.15, -0.1) is 0 Å². The third kappa shape index (κ3) is 5.20. The van der Waals surface area contributed by atoms with Crippen LogP contribution in [0.3, 0.4) is 0 Å². The van der Waals surface area contributed by atoms with Crippen LogP contribution in [-0.4, -0.2) is 27.5 Å². The quantitative estimate of drug-likeness (QED) is 0.653. The van der Waals surface area contributed by atoms with Gasteiger partial charge in [-0.25, -0.2) is 0 Å². The van der Waals surface area contributed by atoms with E-state index < -0.39 is 16.1 Å². The maximum Gasteiger partial charge on any atom is 0.0747 e. The summed E-state index contributed by atoms with van der Waals surface area (Å²) in [7, 11) is -2.11. The number of aliphatic hydroxyl groups is 1. The zero-order valence-electron chi connectivity index (χ0n) is 7.86. The summed E-state index contributed by atoms with van der Waals surface area (Å²) < 4.78 is 0. The molecule has 0 radical (unpaired) electrons. The normalized spacial score (nSPS) is 13.8. The number of aliphatic hydroxyl groups excluding tert-OH is 1. The van der Waals surface area contributed by atoms with E-state index in [-0.39, 0.29) is 0 Å². The van der Waals surface area contributed by atoms with Crippen LogP contribution >= 0.6 is 0 Å². The summed E-state index contributed by atoms with van der Waals surface area (Å²) >= 11 is 0. The Kier molecular flexibility index (Phi) is 3.32.